The topological polar surface area (TPSA) is 34.1 Å². The van der Waals surface area contributed by atoms with Crippen molar-refractivity contribution < 1.29 is 9.59 Å². The van der Waals surface area contributed by atoms with Gasteiger partial charge in [0.15, 0.2) is 0 Å². The van der Waals surface area contributed by atoms with Crippen molar-refractivity contribution in [2.45, 2.75) is 51.4 Å². The first-order valence-corrected chi connectivity index (χ1v) is 7.16. The lowest BCUT2D eigenvalue weighted by atomic mass is 9.71. The highest BCUT2D eigenvalue weighted by Gasteiger charge is 2.35. The second-order valence-electron chi connectivity index (χ2n) is 5.36. The second kappa shape index (κ2) is 7.88. The van der Waals surface area contributed by atoms with E-state index in [0.29, 0.717) is 0 Å². The molecule has 0 fully saturated rings. The Kier molecular flexibility index (Phi) is 6.48. The van der Waals surface area contributed by atoms with Crippen LogP contribution >= 0.6 is 0 Å². The van der Waals surface area contributed by atoms with Gasteiger partial charge in [-0.15, -0.1) is 0 Å². The summed E-state index contributed by atoms with van der Waals surface area (Å²) in [7, 11) is 0. The molecule has 0 aromatic heterocycles. The SMILES string of the molecule is CCCCCCC(C=O)C(C)(C=O)c1ccccc1. The normalized spacial score (nSPS) is 15.5. The van der Waals surface area contributed by atoms with Gasteiger partial charge in [-0.25, -0.2) is 0 Å². The first-order valence-electron chi connectivity index (χ1n) is 7.16. The Morgan fingerprint density at radius 3 is 2.32 bits per heavy atom. The van der Waals surface area contributed by atoms with Gasteiger partial charge in [0, 0.05) is 5.92 Å². The summed E-state index contributed by atoms with van der Waals surface area (Å²) in [6, 6.07) is 9.60. The van der Waals surface area contributed by atoms with Gasteiger partial charge < -0.3 is 9.59 Å². The van der Waals surface area contributed by atoms with E-state index in [0.717, 1.165) is 37.4 Å². The Morgan fingerprint density at radius 2 is 1.79 bits per heavy atom. The predicted octanol–water partition coefficient (Wildman–Crippen LogP) is 3.93. The lowest BCUT2D eigenvalue weighted by Crippen LogP contribution is -2.35. The summed E-state index contributed by atoms with van der Waals surface area (Å²) in [4.78, 5) is 22.9. The Balaban J connectivity index is 2.80. The van der Waals surface area contributed by atoms with Crippen LogP contribution in [0.5, 0.6) is 0 Å². The number of hydrogen-bond donors (Lipinski definition) is 0. The van der Waals surface area contributed by atoms with Crippen molar-refractivity contribution in [3.8, 4) is 0 Å². The van der Waals surface area contributed by atoms with Gasteiger partial charge in [-0.05, 0) is 18.9 Å². The van der Waals surface area contributed by atoms with Crippen LogP contribution in [0, 0.1) is 5.92 Å². The molecule has 1 rings (SSSR count). The van der Waals surface area contributed by atoms with Crippen molar-refractivity contribution in [1.29, 1.82) is 0 Å². The standard InChI is InChI=1S/C17H24O2/c1-3-4-5-7-12-16(13-18)17(2,14-19)15-10-8-6-9-11-15/h6,8-11,13-14,16H,3-5,7,12H2,1-2H3. The number of benzene rings is 1. The molecule has 0 saturated heterocycles. The third kappa shape index (κ3) is 4.02. The molecule has 1 aromatic rings. The van der Waals surface area contributed by atoms with Crippen LogP contribution in [0.15, 0.2) is 30.3 Å². The summed E-state index contributed by atoms with van der Waals surface area (Å²) in [5, 5.41) is 0. The smallest absolute Gasteiger partial charge is 0.130 e. The van der Waals surface area contributed by atoms with E-state index < -0.39 is 5.41 Å². The van der Waals surface area contributed by atoms with Crippen molar-refractivity contribution in [3.05, 3.63) is 35.9 Å². The lowest BCUT2D eigenvalue weighted by molar-refractivity contribution is -0.120. The van der Waals surface area contributed by atoms with Gasteiger partial charge in [-0.3, -0.25) is 0 Å². The molecule has 0 aliphatic heterocycles. The molecule has 0 bridgehead atoms. The van der Waals surface area contributed by atoms with E-state index in [9.17, 15) is 9.59 Å². The lowest BCUT2D eigenvalue weighted by Gasteiger charge is -2.29. The van der Waals surface area contributed by atoms with Gasteiger partial charge in [-0.2, -0.15) is 0 Å². The number of carbonyl (C=O) groups excluding carboxylic acids is 2. The highest BCUT2D eigenvalue weighted by molar-refractivity contribution is 5.75. The molecule has 1 aromatic carbocycles. The molecule has 0 spiro atoms. The van der Waals surface area contributed by atoms with Crippen LogP contribution in [-0.4, -0.2) is 12.6 Å². The van der Waals surface area contributed by atoms with Gasteiger partial charge >= 0.3 is 0 Å². The quantitative estimate of drug-likeness (QED) is 0.498. The number of rotatable bonds is 9. The maximum absolute atomic E-state index is 11.6. The molecule has 2 atom stereocenters. The third-order valence-corrected chi connectivity index (χ3v) is 3.94. The van der Waals surface area contributed by atoms with E-state index in [2.05, 4.69) is 6.92 Å². The van der Waals surface area contributed by atoms with Crippen LogP contribution in [-0.2, 0) is 15.0 Å². The van der Waals surface area contributed by atoms with E-state index in [4.69, 9.17) is 0 Å². The molecule has 2 nitrogen and oxygen atoms in total. The van der Waals surface area contributed by atoms with Crippen molar-refractivity contribution in [2.75, 3.05) is 0 Å². The van der Waals surface area contributed by atoms with Crippen LogP contribution < -0.4 is 0 Å². The van der Waals surface area contributed by atoms with Gasteiger partial charge in [0.1, 0.15) is 12.6 Å². The molecule has 2 unspecified atom stereocenters. The first-order chi connectivity index (χ1) is 9.19. The maximum atomic E-state index is 11.6. The molecular weight excluding hydrogens is 236 g/mol. The summed E-state index contributed by atoms with van der Waals surface area (Å²) in [5.74, 6) is -0.232. The summed E-state index contributed by atoms with van der Waals surface area (Å²) in [6.45, 7) is 4.03. The Labute approximate surface area is 116 Å². The molecule has 0 heterocycles. The molecule has 0 radical (unpaired) electrons. The zero-order chi connectivity index (χ0) is 14.1. The molecule has 0 N–H and O–H groups in total. The number of aldehydes is 2. The van der Waals surface area contributed by atoms with Crippen molar-refractivity contribution in [2.24, 2.45) is 5.92 Å². The molecule has 2 heteroatoms. The number of carbonyl (C=O) groups is 2. The molecule has 0 amide bonds. The van der Waals surface area contributed by atoms with Crippen molar-refractivity contribution in [1.82, 2.24) is 0 Å². The van der Waals surface area contributed by atoms with E-state index in [1.807, 2.05) is 37.3 Å². The summed E-state index contributed by atoms with van der Waals surface area (Å²) < 4.78 is 0. The molecule has 0 saturated carbocycles. The fraction of sp³-hybridized carbons (Fsp3) is 0.529. The van der Waals surface area contributed by atoms with Gasteiger partial charge in [-0.1, -0.05) is 62.9 Å². The Bertz CT molecular complexity index is 386. The fourth-order valence-electron chi connectivity index (χ4n) is 2.47. The van der Waals surface area contributed by atoms with Gasteiger partial charge in [0.05, 0.1) is 5.41 Å². The monoisotopic (exact) mass is 260 g/mol. The van der Waals surface area contributed by atoms with Gasteiger partial charge in [0.25, 0.3) is 0 Å². The minimum absolute atomic E-state index is 0.232. The highest BCUT2D eigenvalue weighted by atomic mass is 16.1. The molecule has 0 aliphatic rings. The van der Waals surface area contributed by atoms with Crippen LogP contribution in [0.1, 0.15) is 51.5 Å². The molecule has 19 heavy (non-hydrogen) atoms. The number of hydrogen-bond acceptors (Lipinski definition) is 2. The zero-order valence-electron chi connectivity index (χ0n) is 12.0. The fourth-order valence-corrected chi connectivity index (χ4v) is 2.47. The number of unbranched alkanes of at least 4 members (excludes halogenated alkanes) is 3. The minimum atomic E-state index is -0.699. The van der Waals surface area contributed by atoms with Crippen molar-refractivity contribution >= 4 is 12.6 Å². The minimum Gasteiger partial charge on any atom is -0.303 e. The maximum Gasteiger partial charge on any atom is 0.130 e. The van der Waals surface area contributed by atoms with Crippen molar-refractivity contribution in [3.63, 3.8) is 0 Å². The predicted molar refractivity (Wildman–Crippen MR) is 78.2 cm³/mol. The first kappa shape index (κ1) is 15.6. The van der Waals surface area contributed by atoms with Crippen LogP contribution in [0.4, 0.5) is 0 Å². The van der Waals surface area contributed by atoms with Crippen LogP contribution in [0.2, 0.25) is 0 Å². The average molecular weight is 260 g/mol. The van der Waals surface area contributed by atoms with Crippen LogP contribution in [0.25, 0.3) is 0 Å². The summed E-state index contributed by atoms with van der Waals surface area (Å²) >= 11 is 0. The van der Waals surface area contributed by atoms with E-state index >= 15 is 0 Å². The average Bonchev–Trinajstić information content (AvgIpc) is 2.47. The van der Waals surface area contributed by atoms with E-state index in [1.165, 1.54) is 12.8 Å². The largest absolute Gasteiger partial charge is 0.303 e. The Morgan fingerprint density at radius 1 is 1.11 bits per heavy atom. The highest BCUT2D eigenvalue weighted by Crippen LogP contribution is 2.32. The summed E-state index contributed by atoms with van der Waals surface area (Å²) in [5.41, 5.74) is 0.229. The molecule has 104 valence electrons. The Hall–Kier alpha value is -1.44. The van der Waals surface area contributed by atoms with Crippen LogP contribution in [0.3, 0.4) is 0 Å². The second-order valence-corrected chi connectivity index (χ2v) is 5.36. The van der Waals surface area contributed by atoms with Gasteiger partial charge in [0.2, 0.25) is 0 Å². The third-order valence-electron chi connectivity index (χ3n) is 3.94. The van der Waals surface area contributed by atoms with E-state index in [-0.39, 0.29) is 5.92 Å². The van der Waals surface area contributed by atoms with E-state index in [1.54, 1.807) is 0 Å². The molecular formula is C17H24O2. The zero-order valence-corrected chi connectivity index (χ0v) is 12.0. The molecule has 0 aliphatic carbocycles. The summed E-state index contributed by atoms with van der Waals surface area (Å²) in [6.07, 6.45) is 7.17.